The molecule has 2 fully saturated rings. The highest BCUT2D eigenvalue weighted by molar-refractivity contribution is 5.89. The topological polar surface area (TPSA) is 93.4 Å². The summed E-state index contributed by atoms with van der Waals surface area (Å²) in [5, 5.41) is 2.06. The first-order chi connectivity index (χ1) is 14.9. The molecule has 7 nitrogen and oxygen atoms in total. The van der Waals surface area contributed by atoms with E-state index >= 15 is 0 Å². The van der Waals surface area contributed by atoms with Crippen LogP contribution in [0.5, 0.6) is 0 Å². The van der Waals surface area contributed by atoms with Crippen molar-refractivity contribution in [2.75, 3.05) is 23.3 Å². The van der Waals surface area contributed by atoms with Gasteiger partial charge < -0.3 is 15.4 Å². The number of rotatable bonds is 2. The van der Waals surface area contributed by atoms with Gasteiger partial charge in [-0.15, -0.1) is 0 Å². The van der Waals surface area contributed by atoms with Gasteiger partial charge in [0.25, 0.3) is 0 Å². The minimum absolute atomic E-state index is 0.00274. The summed E-state index contributed by atoms with van der Waals surface area (Å²) in [7, 11) is 0. The summed E-state index contributed by atoms with van der Waals surface area (Å²) in [6.45, 7) is 0.830. The van der Waals surface area contributed by atoms with E-state index in [4.69, 9.17) is 5.73 Å². The Bertz CT molecular complexity index is 1090. The number of aromatic nitrogens is 2. The Morgan fingerprint density at radius 3 is 2.44 bits per heavy atom. The van der Waals surface area contributed by atoms with E-state index in [9.17, 15) is 31.1 Å². The van der Waals surface area contributed by atoms with Gasteiger partial charge in [0.1, 0.15) is 11.6 Å². The first-order valence-corrected chi connectivity index (χ1v) is 9.57. The summed E-state index contributed by atoms with van der Waals surface area (Å²) in [4.78, 5) is 21.2. The van der Waals surface area contributed by atoms with Crippen molar-refractivity contribution in [2.24, 2.45) is 17.6 Å². The lowest BCUT2D eigenvalue weighted by atomic mass is 9.98. The van der Waals surface area contributed by atoms with Gasteiger partial charge in [0.05, 0.1) is 16.8 Å². The summed E-state index contributed by atoms with van der Waals surface area (Å²) in [5.74, 6) is -0.150. The van der Waals surface area contributed by atoms with Crippen LogP contribution in [0.2, 0.25) is 0 Å². The zero-order chi connectivity index (χ0) is 23.0. The molecule has 3 N–H and O–H groups in total. The summed E-state index contributed by atoms with van der Waals surface area (Å²) in [6.07, 6.45) is -12.8. The normalized spacial score (nSPS) is 26.8. The molecule has 1 amide bonds. The molecule has 2 aliphatic heterocycles. The number of nitrogens with one attached hydrogen (secondary N) is 1. The van der Waals surface area contributed by atoms with Gasteiger partial charge in [0.15, 0.2) is 0 Å². The number of halogens is 6. The molecule has 0 radical (unpaired) electrons. The van der Waals surface area contributed by atoms with Gasteiger partial charge in [-0.1, -0.05) is 0 Å². The van der Waals surface area contributed by atoms with Gasteiger partial charge in [0, 0.05) is 30.9 Å². The molecule has 2 aromatic heterocycles. The number of cyclic esters (lactones) is 1. The predicted octanol–water partition coefficient (Wildman–Crippen LogP) is 3.72. The number of piperidine rings is 1. The minimum Gasteiger partial charge on any atom is -0.431 e. The number of ether oxygens (including phenoxy) is 1. The van der Waals surface area contributed by atoms with E-state index < -0.39 is 41.5 Å². The molecule has 3 aliphatic rings. The second-order valence-electron chi connectivity index (χ2n) is 7.98. The first kappa shape index (κ1) is 20.8. The van der Waals surface area contributed by atoms with Crippen LogP contribution in [0.4, 0.5) is 42.8 Å². The molecule has 13 heteroatoms. The fourth-order valence-electron chi connectivity index (χ4n) is 4.32. The van der Waals surface area contributed by atoms with Crippen LogP contribution in [0, 0.1) is 11.8 Å². The van der Waals surface area contributed by atoms with Crippen LogP contribution in [0.3, 0.4) is 0 Å². The number of carbonyl (C=O) groups excluding carboxylic acids is 1. The quantitative estimate of drug-likeness (QED) is 0.665. The van der Waals surface area contributed by atoms with Crippen molar-refractivity contribution < 1.29 is 35.9 Å². The molecule has 0 aromatic carbocycles. The molecule has 4 atom stereocenters. The average Bonchev–Trinajstić information content (AvgIpc) is 3.11. The Hall–Kier alpha value is -3.09. The van der Waals surface area contributed by atoms with Crippen molar-refractivity contribution in [1.82, 2.24) is 9.97 Å². The van der Waals surface area contributed by atoms with Crippen molar-refractivity contribution in [3.63, 3.8) is 0 Å². The number of hydrogen-bond acceptors (Lipinski definition) is 6. The Kier molecular flexibility index (Phi) is 4.36. The Labute approximate surface area is 176 Å². The summed E-state index contributed by atoms with van der Waals surface area (Å²) in [6, 6.07) is 2.65. The zero-order valence-electron chi connectivity index (χ0n) is 16.0. The summed E-state index contributed by atoms with van der Waals surface area (Å²) < 4.78 is 86.1. The molecule has 5 rings (SSSR count). The Balaban J connectivity index is 1.65. The van der Waals surface area contributed by atoms with Gasteiger partial charge in [-0.2, -0.15) is 26.3 Å². The van der Waals surface area contributed by atoms with Crippen LogP contribution in [-0.4, -0.2) is 41.4 Å². The third kappa shape index (κ3) is 3.40. The maximum absolute atomic E-state index is 13.6. The van der Waals surface area contributed by atoms with E-state index in [1.165, 1.54) is 0 Å². The third-order valence-electron chi connectivity index (χ3n) is 5.99. The second kappa shape index (κ2) is 6.70. The number of amides is 1. The highest BCUT2D eigenvalue weighted by Gasteiger charge is 2.54. The molecule has 4 heterocycles. The van der Waals surface area contributed by atoms with Crippen LogP contribution in [0.1, 0.15) is 17.2 Å². The number of fused-ring (bicyclic) bond motifs is 2. The highest BCUT2D eigenvalue weighted by Crippen LogP contribution is 2.48. The number of nitrogens with two attached hydrogens (primary N) is 1. The third-order valence-corrected chi connectivity index (χ3v) is 5.99. The lowest BCUT2D eigenvalue weighted by Gasteiger charge is -2.29. The SMILES string of the molecule is NC1[C@H]2CN(c3cc(C(F)(F)F)cc(-c4ccnc5c4[C@H](C(F)(F)F)OC(=O)N5)n3)C[C@@H]12. The summed E-state index contributed by atoms with van der Waals surface area (Å²) >= 11 is 0. The molecule has 1 saturated carbocycles. The number of pyridine rings is 2. The van der Waals surface area contributed by atoms with Crippen molar-refractivity contribution >= 4 is 17.7 Å². The number of nitrogens with zero attached hydrogens (tertiary/aromatic N) is 3. The average molecular weight is 459 g/mol. The van der Waals surface area contributed by atoms with Crippen LogP contribution in [0.15, 0.2) is 24.4 Å². The molecule has 1 saturated heterocycles. The molecule has 1 aliphatic carbocycles. The van der Waals surface area contributed by atoms with Crippen LogP contribution < -0.4 is 16.0 Å². The molecule has 0 spiro atoms. The van der Waals surface area contributed by atoms with Crippen LogP contribution >= 0.6 is 0 Å². The number of hydrogen-bond donors (Lipinski definition) is 2. The molecule has 170 valence electrons. The second-order valence-corrected chi connectivity index (χ2v) is 7.98. The monoisotopic (exact) mass is 459 g/mol. The standard InChI is InChI=1S/C19H15F6N5O2/c20-18(21,22)7-3-11(28-12(4-7)30-5-9-10(6-30)14(9)26)8-1-2-27-16-13(8)15(19(23,24)25)32-17(31)29-16/h1-4,9-10,14-15H,5-6,26H2,(H,27,29,31)/t9-,10+,14?,15-/m1/s1. The molecular formula is C19H15F6N5O2. The largest absolute Gasteiger partial charge is 0.431 e. The Morgan fingerprint density at radius 2 is 1.81 bits per heavy atom. The maximum atomic E-state index is 13.6. The predicted molar refractivity (Wildman–Crippen MR) is 98.5 cm³/mol. The van der Waals surface area contributed by atoms with Gasteiger partial charge in [0.2, 0.25) is 6.10 Å². The summed E-state index contributed by atoms with van der Waals surface area (Å²) in [5.41, 5.74) is 3.61. The van der Waals surface area contributed by atoms with E-state index in [1.54, 1.807) is 4.90 Å². The van der Waals surface area contributed by atoms with E-state index in [2.05, 4.69) is 20.0 Å². The van der Waals surface area contributed by atoms with Gasteiger partial charge in [-0.3, -0.25) is 5.32 Å². The van der Waals surface area contributed by atoms with E-state index in [0.717, 1.165) is 18.3 Å². The van der Waals surface area contributed by atoms with Gasteiger partial charge in [-0.05, 0) is 30.0 Å². The van der Waals surface area contributed by atoms with E-state index in [1.807, 2.05) is 0 Å². The fraction of sp³-hybridized carbons (Fsp3) is 0.421. The fourth-order valence-corrected chi connectivity index (χ4v) is 4.32. The van der Waals surface area contributed by atoms with Crippen molar-refractivity contribution in [3.05, 3.63) is 35.5 Å². The highest BCUT2D eigenvalue weighted by atomic mass is 19.4. The smallest absolute Gasteiger partial charge is 0.430 e. The lowest BCUT2D eigenvalue weighted by Crippen LogP contribution is -2.34. The minimum atomic E-state index is -5.01. The van der Waals surface area contributed by atoms with Crippen LogP contribution in [0.25, 0.3) is 11.3 Å². The van der Waals surface area contributed by atoms with Crippen molar-refractivity contribution in [3.8, 4) is 11.3 Å². The number of alkyl halides is 6. The molecule has 2 aromatic rings. The number of anilines is 2. The van der Waals surface area contributed by atoms with Gasteiger partial charge >= 0.3 is 18.4 Å². The van der Waals surface area contributed by atoms with E-state index in [0.29, 0.717) is 19.2 Å². The van der Waals surface area contributed by atoms with Crippen LogP contribution in [-0.2, 0) is 10.9 Å². The van der Waals surface area contributed by atoms with Gasteiger partial charge in [-0.25, -0.2) is 14.8 Å². The zero-order valence-corrected chi connectivity index (χ0v) is 16.0. The lowest BCUT2D eigenvalue weighted by molar-refractivity contribution is -0.206. The maximum Gasteiger partial charge on any atom is 0.430 e. The van der Waals surface area contributed by atoms with E-state index in [-0.39, 0.29) is 35.0 Å². The number of carbonyl (C=O) groups is 1. The molecule has 1 unspecified atom stereocenters. The molecular weight excluding hydrogens is 444 g/mol. The Morgan fingerprint density at radius 1 is 1.12 bits per heavy atom. The van der Waals surface area contributed by atoms with Crippen molar-refractivity contribution in [1.29, 1.82) is 0 Å². The van der Waals surface area contributed by atoms with Crippen molar-refractivity contribution in [2.45, 2.75) is 24.5 Å². The first-order valence-electron chi connectivity index (χ1n) is 9.57. The molecule has 0 bridgehead atoms. The molecule has 32 heavy (non-hydrogen) atoms.